The fourth-order valence-corrected chi connectivity index (χ4v) is 3.33. The highest BCUT2D eigenvalue weighted by molar-refractivity contribution is 8.01. The first kappa shape index (κ1) is 12.0. The van der Waals surface area contributed by atoms with Gasteiger partial charge in [0, 0.05) is 11.8 Å². The topological polar surface area (TPSA) is 55.1 Å². The van der Waals surface area contributed by atoms with E-state index in [9.17, 15) is 4.79 Å². The Balaban J connectivity index is 1.70. The molecule has 1 aromatic heterocycles. The SMILES string of the molecule is NC(=O)C(CCSc1cccs1)NC1CC1. The Kier molecular flexibility index (Phi) is 4.26. The molecule has 5 heteroatoms. The zero-order valence-electron chi connectivity index (χ0n) is 9.02. The standard InChI is InChI=1S/C11H16N2OS2/c12-11(14)9(13-8-3-4-8)5-7-16-10-2-1-6-15-10/h1-2,6,8-9,13H,3-5,7H2,(H2,12,14). The molecule has 1 heterocycles. The number of carbonyl (C=O) groups is 1. The molecule has 1 aromatic rings. The number of carbonyl (C=O) groups excluding carboxylic acids is 1. The van der Waals surface area contributed by atoms with Gasteiger partial charge in [0.05, 0.1) is 10.3 Å². The first-order valence-corrected chi connectivity index (χ1v) is 7.34. The molecule has 0 spiro atoms. The van der Waals surface area contributed by atoms with Gasteiger partial charge in [0.15, 0.2) is 0 Å². The predicted molar refractivity (Wildman–Crippen MR) is 68.8 cm³/mol. The van der Waals surface area contributed by atoms with Gasteiger partial charge < -0.3 is 11.1 Å². The van der Waals surface area contributed by atoms with Gasteiger partial charge in [0.25, 0.3) is 0 Å². The third-order valence-corrected chi connectivity index (χ3v) is 4.67. The molecule has 16 heavy (non-hydrogen) atoms. The molecule has 3 N–H and O–H groups in total. The van der Waals surface area contributed by atoms with Crippen LogP contribution in [-0.2, 0) is 4.79 Å². The zero-order valence-corrected chi connectivity index (χ0v) is 10.7. The van der Waals surface area contributed by atoms with Gasteiger partial charge in [0.2, 0.25) is 5.91 Å². The number of hydrogen-bond donors (Lipinski definition) is 2. The Hall–Kier alpha value is -0.520. The van der Waals surface area contributed by atoms with Crippen molar-refractivity contribution in [3.8, 4) is 0 Å². The largest absolute Gasteiger partial charge is 0.368 e. The van der Waals surface area contributed by atoms with Crippen molar-refractivity contribution in [2.45, 2.75) is 35.6 Å². The van der Waals surface area contributed by atoms with E-state index in [1.54, 1.807) is 23.1 Å². The second kappa shape index (κ2) is 5.70. The van der Waals surface area contributed by atoms with Crippen LogP contribution in [0, 0.1) is 0 Å². The summed E-state index contributed by atoms with van der Waals surface area (Å²) in [5, 5.41) is 5.35. The minimum absolute atomic E-state index is 0.153. The Bertz CT molecular complexity index is 336. The molecule has 1 fully saturated rings. The number of hydrogen-bond acceptors (Lipinski definition) is 4. The fourth-order valence-electron chi connectivity index (χ4n) is 1.47. The van der Waals surface area contributed by atoms with Crippen LogP contribution in [0.1, 0.15) is 19.3 Å². The van der Waals surface area contributed by atoms with Crippen molar-refractivity contribution in [1.82, 2.24) is 5.32 Å². The van der Waals surface area contributed by atoms with Crippen LogP contribution >= 0.6 is 23.1 Å². The van der Waals surface area contributed by atoms with Gasteiger partial charge in [0.1, 0.15) is 0 Å². The van der Waals surface area contributed by atoms with Crippen LogP contribution < -0.4 is 11.1 Å². The molecule has 1 amide bonds. The Morgan fingerprint density at radius 3 is 3.06 bits per heavy atom. The molecule has 0 aromatic carbocycles. The van der Waals surface area contributed by atoms with E-state index in [0.29, 0.717) is 6.04 Å². The van der Waals surface area contributed by atoms with Crippen molar-refractivity contribution in [2.75, 3.05) is 5.75 Å². The second-order valence-electron chi connectivity index (χ2n) is 3.97. The zero-order chi connectivity index (χ0) is 11.4. The summed E-state index contributed by atoms with van der Waals surface area (Å²) < 4.78 is 1.30. The quantitative estimate of drug-likeness (QED) is 0.732. The van der Waals surface area contributed by atoms with E-state index in [1.807, 2.05) is 6.07 Å². The Morgan fingerprint density at radius 1 is 1.69 bits per heavy atom. The maximum atomic E-state index is 11.2. The van der Waals surface area contributed by atoms with Crippen molar-refractivity contribution in [3.63, 3.8) is 0 Å². The van der Waals surface area contributed by atoms with E-state index in [4.69, 9.17) is 5.73 Å². The molecule has 1 aliphatic rings. The first-order chi connectivity index (χ1) is 7.75. The molecule has 0 saturated heterocycles. The molecule has 0 radical (unpaired) electrons. The highest BCUT2D eigenvalue weighted by Crippen LogP contribution is 2.25. The highest BCUT2D eigenvalue weighted by Gasteiger charge is 2.26. The number of nitrogens with two attached hydrogens (primary N) is 1. The van der Waals surface area contributed by atoms with Crippen molar-refractivity contribution in [2.24, 2.45) is 5.73 Å². The lowest BCUT2D eigenvalue weighted by atomic mass is 10.2. The van der Waals surface area contributed by atoms with Gasteiger partial charge in [-0.25, -0.2) is 0 Å². The fraction of sp³-hybridized carbons (Fsp3) is 0.545. The molecule has 0 bridgehead atoms. The van der Waals surface area contributed by atoms with Crippen LogP contribution in [0.5, 0.6) is 0 Å². The summed E-state index contributed by atoms with van der Waals surface area (Å²) in [6.07, 6.45) is 3.18. The summed E-state index contributed by atoms with van der Waals surface area (Å²) >= 11 is 3.53. The van der Waals surface area contributed by atoms with E-state index in [1.165, 1.54) is 17.1 Å². The van der Waals surface area contributed by atoms with Gasteiger partial charge in [-0.3, -0.25) is 4.79 Å². The normalized spacial score (nSPS) is 17.2. The average Bonchev–Trinajstić information content (AvgIpc) is 2.91. The van der Waals surface area contributed by atoms with E-state index in [0.717, 1.165) is 12.2 Å². The van der Waals surface area contributed by atoms with E-state index < -0.39 is 0 Å². The third-order valence-electron chi connectivity index (χ3n) is 2.50. The highest BCUT2D eigenvalue weighted by atomic mass is 32.2. The molecule has 1 atom stereocenters. The molecule has 3 nitrogen and oxygen atoms in total. The smallest absolute Gasteiger partial charge is 0.234 e. The lowest BCUT2D eigenvalue weighted by molar-refractivity contribution is -0.120. The number of thioether (sulfide) groups is 1. The summed E-state index contributed by atoms with van der Waals surface area (Å²) in [7, 11) is 0. The van der Waals surface area contributed by atoms with E-state index in [-0.39, 0.29) is 11.9 Å². The van der Waals surface area contributed by atoms with Gasteiger partial charge in [-0.2, -0.15) is 0 Å². The van der Waals surface area contributed by atoms with Crippen molar-refractivity contribution >= 4 is 29.0 Å². The van der Waals surface area contributed by atoms with Gasteiger partial charge in [-0.05, 0) is 30.7 Å². The average molecular weight is 256 g/mol. The number of amides is 1. The Labute approximate surface area is 104 Å². The Morgan fingerprint density at radius 2 is 2.50 bits per heavy atom. The summed E-state index contributed by atoms with van der Waals surface area (Å²) in [6, 6.07) is 4.52. The number of primary amides is 1. The van der Waals surface area contributed by atoms with E-state index in [2.05, 4.69) is 16.8 Å². The molecule has 88 valence electrons. The van der Waals surface area contributed by atoms with Crippen LogP contribution in [0.2, 0.25) is 0 Å². The summed E-state index contributed by atoms with van der Waals surface area (Å²) in [5.74, 6) is 0.715. The monoisotopic (exact) mass is 256 g/mol. The number of nitrogens with one attached hydrogen (secondary N) is 1. The maximum Gasteiger partial charge on any atom is 0.234 e. The van der Waals surface area contributed by atoms with Gasteiger partial charge in [-0.1, -0.05) is 6.07 Å². The van der Waals surface area contributed by atoms with Gasteiger partial charge >= 0.3 is 0 Å². The minimum Gasteiger partial charge on any atom is -0.368 e. The van der Waals surface area contributed by atoms with Crippen LogP contribution in [0.4, 0.5) is 0 Å². The third kappa shape index (κ3) is 3.81. The number of rotatable bonds is 7. The summed E-state index contributed by atoms with van der Waals surface area (Å²) in [4.78, 5) is 11.2. The van der Waals surface area contributed by atoms with Crippen LogP contribution in [0.25, 0.3) is 0 Å². The van der Waals surface area contributed by atoms with Crippen LogP contribution in [-0.4, -0.2) is 23.7 Å². The molecule has 1 unspecified atom stereocenters. The lowest BCUT2D eigenvalue weighted by Crippen LogP contribution is -2.42. The van der Waals surface area contributed by atoms with Gasteiger partial charge in [-0.15, -0.1) is 23.1 Å². The minimum atomic E-state index is -0.223. The van der Waals surface area contributed by atoms with Crippen molar-refractivity contribution in [3.05, 3.63) is 17.5 Å². The second-order valence-corrected chi connectivity index (χ2v) is 6.31. The predicted octanol–water partition coefficient (Wildman–Crippen LogP) is 1.84. The summed E-state index contributed by atoms with van der Waals surface area (Å²) in [5.41, 5.74) is 5.36. The first-order valence-electron chi connectivity index (χ1n) is 5.47. The molecular formula is C11H16N2OS2. The molecule has 2 rings (SSSR count). The molecule has 1 saturated carbocycles. The van der Waals surface area contributed by atoms with E-state index >= 15 is 0 Å². The van der Waals surface area contributed by atoms with Crippen molar-refractivity contribution < 1.29 is 4.79 Å². The van der Waals surface area contributed by atoms with Crippen LogP contribution in [0.3, 0.4) is 0 Å². The van der Waals surface area contributed by atoms with Crippen LogP contribution in [0.15, 0.2) is 21.7 Å². The number of thiophene rings is 1. The summed E-state index contributed by atoms with van der Waals surface area (Å²) in [6.45, 7) is 0. The lowest BCUT2D eigenvalue weighted by Gasteiger charge is -2.14. The maximum absolute atomic E-state index is 11.2. The van der Waals surface area contributed by atoms with Crippen molar-refractivity contribution in [1.29, 1.82) is 0 Å². The molecule has 0 aliphatic heterocycles. The molecule has 1 aliphatic carbocycles. The molecular weight excluding hydrogens is 240 g/mol.